The standard InChI is InChI=1S/C40H46N4O8S/c1-23-17-28-34(24(2)40(15-16-40)39(4,52)35(28)48)29(23)21-53-22-32(42-25(3)45)38(51)44-31(19-27-13-9-6-10-14-27)37(50)43-30(36(49)41-20-33(46)47)18-26-11-7-5-8-12-26/h5-14,17,30-32,52H,15-16,18-22H2,1-4H3,(H,41,49)(H,42,45)(H,43,50)(H,44,51)(H,46,47)/t30-,31-,32+,39-/m0/s1. The van der Waals surface area contributed by atoms with Crippen LogP contribution < -0.4 is 21.3 Å². The summed E-state index contributed by atoms with van der Waals surface area (Å²) in [6, 6.07) is 14.6. The molecule has 3 aliphatic rings. The number of nitrogens with one attached hydrogen (secondary N) is 4. The number of carboxylic acids is 1. The van der Waals surface area contributed by atoms with Gasteiger partial charge in [-0.3, -0.25) is 28.8 Å². The topological polar surface area (TPSA) is 191 Å². The Morgan fingerprint density at radius 2 is 1.34 bits per heavy atom. The van der Waals surface area contributed by atoms with Gasteiger partial charge in [0.2, 0.25) is 23.6 Å². The molecule has 53 heavy (non-hydrogen) atoms. The van der Waals surface area contributed by atoms with Crippen LogP contribution >= 0.6 is 11.8 Å². The molecule has 0 radical (unpaired) electrons. The zero-order chi connectivity index (χ0) is 38.5. The second kappa shape index (κ2) is 16.3. The number of aliphatic carboxylic acids is 1. The van der Waals surface area contributed by atoms with Crippen LogP contribution in [0.5, 0.6) is 0 Å². The van der Waals surface area contributed by atoms with Crippen molar-refractivity contribution in [1.82, 2.24) is 21.3 Å². The highest BCUT2D eigenvalue weighted by Gasteiger charge is 2.65. The normalized spacial score (nSPS) is 20.2. The van der Waals surface area contributed by atoms with Gasteiger partial charge in [0.1, 0.15) is 30.3 Å². The number of benzene rings is 2. The minimum absolute atomic E-state index is 0.0701. The van der Waals surface area contributed by atoms with E-state index in [-0.39, 0.29) is 24.4 Å². The Bertz CT molecular complexity index is 1880. The Balaban J connectivity index is 1.32. The lowest BCUT2D eigenvalue weighted by Crippen LogP contribution is -2.58. The van der Waals surface area contributed by atoms with Gasteiger partial charge in [-0.2, -0.15) is 11.8 Å². The minimum atomic E-state index is -1.46. The van der Waals surface area contributed by atoms with Crippen LogP contribution in [0.4, 0.5) is 0 Å². The lowest BCUT2D eigenvalue weighted by atomic mass is 9.67. The van der Waals surface area contributed by atoms with Crippen LogP contribution in [0.25, 0.3) is 0 Å². The Morgan fingerprint density at radius 1 is 0.811 bits per heavy atom. The number of carbonyl (C=O) groups excluding carboxylic acids is 5. The van der Waals surface area contributed by atoms with Gasteiger partial charge in [-0.05, 0) is 67.5 Å². The van der Waals surface area contributed by atoms with Gasteiger partial charge in [-0.25, -0.2) is 0 Å². The van der Waals surface area contributed by atoms with Crippen molar-refractivity contribution in [3.05, 3.63) is 106 Å². The molecule has 12 nitrogen and oxygen atoms in total. The molecule has 0 unspecified atom stereocenters. The quantitative estimate of drug-likeness (QED) is 0.150. The number of hydrogen-bond donors (Lipinski definition) is 6. The van der Waals surface area contributed by atoms with Crippen LogP contribution in [0.3, 0.4) is 0 Å². The van der Waals surface area contributed by atoms with Gasteiger partial charge in [-0.1, -0.05) is 66.2 Å². The number of rotatable bonds is 16. The number of aliphatic hydroxyl groups is 1. The van der Waals surface area contributed by atoms with Crippen molar-refractivity contribution in [1.29, 1.82) is 0 Å². The van der Waals surface area contributed by atoms with E-state index in [1.807, 2.05) is 26.0 Å². The van der Waals surface area contributed by atoms with E-state index in [4.69, 9.17) is 5.11 Å². The van der Waals surface area contributed by atoms with E-state index < -0.39 is 65.3 Å². The molecule has 1 fully saturated rings. The summed E-state index contributed by atoms with van der Waals surface area (Å²) in [7, 11) is 0. The van der Waals surface area contributed by atoms with Crippen molar-refractivity contribution in [3.63, 3.8) is 0 Å². The lowest BCUT2D eigenvalue weighted by molar-refractivity contribution is -0.138. The second-order valence-electron chi connectivity index (χ2n) is 14.1. The average molecular weight is 743 g/mol. The highest BCUT2D eigenvalue weighted by atomic mass is 32.2. The molecular formula is C40H46N4O8S. The van der Waals surface area contributed by atoms with Gasteiger partial charge in [-0.15, -0.1) is 0 Å². The molecule has 0 aromatic heterocycles. The Hall–Kier alpha value is -5.01. The van der Waals surface area contributed by atoms with E-state index in [9.17, 15) is 33.9 Å². The number of carbonyl (C=O) groups is 6. The molecule has 13 heteroatoms. The predicted molar refractivity (Wildman–Crippen MR) is 201 cm³/mol. The summed E-state index contributed by atoms with van der Waals surface area (Å²) in [5.74, 6) is -3.34. The third kappa shape index (κ3) is 8.80. The van der Waals surface area contributed by atoms with E-state index in [0.29, 0.717) is 11.3 Å². The van der Waals surface area contributed by atoms with Crippen LogP contribution in [-0.2, 0) is 41.6 Å². The van der Waals surface area contributed by atoms with E-state index in [1.165, 1.54) is 18.7 Å². The fourth-order valence-electron chi connectivity index (χ4n) is 7.26. The number of amides is 4. The van der Waals surface area contributed by atoms with Crippen LogP contribution in [0, 0.1) is 5.41 Å². The first-order valence-corrected chi connectivity index (χ1v) is 18.7. The van der Waals surface area contributed by atoms with Gasteiger partial charge >= 0.3 is 5.97 Å². The van der Waals surface area contributed by atoms with E-state index in [1.54, 1.807) is 61.5 Å². The van der Waals surface area contributed by atoms with Crippen LogP contribution in [0.1, 0.15) is 51.7 Å². The van der Waals surface area contributed by atoms with Gasteiger partial charge in [0.05, 0.1) is 0 Å². The van der Waals surface area contributed by atoms with Crippen molar-refractivity contribution >= 4 is 47.1 Å². The van der Waals surface area contributed by atoms with Crippen molar-refractivity contribution < 1.29 is 39.0 Å². The molecular weight excluding hydrogens is 697 g/mol. The van der Waals surface area contributed by atoms with Crippen LogP contribution in [-0.4, -0.2) is 87.4 Å². The molecule has 0 aliphatic heterocycles. The monoisotopic (exact) mass is 742 g/mol. The summed E-state index contributed by atoms with van der Waals surface area (Å²) in [4.78, 5) is 77.8. The largest absolute Gasteiger partial charge is 0.480 e. The zero-order valence-corrected chi connectivity index (χ0v) is 31.1. The number of fused-ring (bicyclic) bond motifs is 1. The fraction of sp³-hybridized carbons (Fsp3) is 0.400. The van der Waals surface area contributed by atoms with Gasteiger partial charge in [0.15, 0.2) is 5.78 Å². The van der Waals surface area contributed by atoms with Gasteiger partial charge < -0.3 is 31.5 Å². The van der Waals surface area contributed by atoms with E-state index in [0.717, 1.165) is 46.3 Å². The highest BCUT2D eigenvalue weighted by Crippen LogP contribution is 2.65. The molecule has 2 aromatic carbocycles. The fourth-order valence-corrected chi connectivity index (χ4v) is 8.42. The summed E-state index contributed by atoms with van der Waals surface area (Å²) >= 11 is 1.40. The van der Waals surface area contributed by atoms with Crippen molar-refractivity contribution in [2.45, 2.75) is 77.1 Å². The molecule has 0 heterocycles. The minimum Gasteiger partial charge on any atom is -0.480 e. The number of thioether (sulfide) groups is 1. The van der Waals surface area contributed by atoms with Crippen molar-refractivity contribution in [3.8, 4) is 0 Å². The Morgan fingerprint density at radius 3 is 1.85 bits per heavy atom. The molecule has 0 bridgehead atoms. The second-order valence-corrected chi connectivity index (χ2v) is 15.1. The first kappa shape index (κ1) is 39.2. The van der Waals surface area contributed by atoms with Crippen LogP contribution in [0.15, 0.2) is 94.6 Å². The third-order valence-corrected chi connectivity index (χ3v) is 11.4. The Kier molecular flexibility index (Phi) is 12.1. The molecule has 5 rings (SSSR count). The van der Waals surface area contributed by atoms with Crippen molar-refractivity contribution in [2.75, 3.05) is 18.1 Å². The summed E-state index contributed by atoms with van der Waals surface area (Å²) in [5, 5.41) is 30.9. The maximum Gasteiger partial charge on any atom is 0.322 e. The number of ketones is 1. The molecule has 6 N–H and O–H groups in total. The molecule has 3 aliphatic carbocycles. The van der Waals surface area contributed by atoms with Gasteiger partial charge in [0.25, 0.3) is 0 Å². The zero-order valence-electron chi connectivity index (χ0n) is 30.3. The van der Waals surface area contributed by atoms with Crippen LogP contribution in [0.2, 0.25) is 0 Å². The van der Waals surface area contributed by atoms with E-state index in [2.05, 4.69) is 21.3 Å². The van der Waals surface area contributed by atoms with Crippen molar-refractivity contribution in [2.24, 2.45) is 5.41 Å². The van der Waals surface area contributed by atoms with E-state index >= 15 is 0 Å². The first-order valence-electron chi connectivity index (χ1n) is 17.6. The number of allylic oxidation sites excluding steroid dienone is 3. The average Bonchev–Trinajstić information content (AvgIpc) is 3.88. The summed E-state index contributed by atoms with van der Waals surface area (Å²) in [6.07, 6.45) is 3.42. The molecule has 0 saturated heterocycles. The summed E-state index contributed by atoms with van der Waals surface area (Å²) in [5.41, 5.74) is 3.65. The third-order valence-electron chi connectivity index (χ3n) is 10.3. The maximum absolute atomic E-state index is 13.9. The number of carboxylic acid groups (broad SMARTS) is 1. The highest BCUT2D eigenvalue weighted by molar-refractivity contribution is 7.99. The molecule has 280 valence electrons. The molecule has 4 atom stereocenters. The smallest absolute Gasteiger partial charge is 0.322 e. The summed E-state index contributed by atoms with van der Waals surface area (Å²) < 4.78 is 0. The number of Topliss-reactive ketones (excluding diaryl/α,β-unsaturated/α-hetero) is 1. The van der Waals surface area contributed by atoms with Gasteiger partial charge in [0, 0.05) is 42.3 Å². The first-order chi connectivity index (χ1) is 25.1. The molecule has 1 spiro atoms. The SMILES string of the molecule is CC(=O)N[C@H](CSCC1=C(C)C=C2C(=O)[C@](C)(O)C3(CC3)C(C)=C21)C(=O)N[C@@H](Cc1ccccc1)C(=O)N[C@@H](Cc1ccccc1)C(=O)NCC(=O)O. The summed E-state index contributed by atoms with van der Waals surface area (Å²) in [6.45, 7) is 6.16. The number of hydrogen-bond acceptors (Lipinski definition) is 8. The predicted octanol–water partition coefficient (Wildman–Crippen LogP) is 2.57. The molecule has 4 amide bonds. The Labute approximate surface area is 313 Å². The molecule has 2 aromatic rings. The molecule has 1 saturated carbocycles. The maximum atomic E-state index is 13.9. The lowest BCUT2D eigenvalue weighted by Gasteiger charge is -2.39.